The molecule has 0 radical (unpaired) electrons. The van der Waals surface area contributed by atoms with Gasteiger partial charge in [0.2, 0.25) is 0 Å². The Labute approximate surface area is 165 Å². The van der Waals surface area contributed by atoms with E-state index in [9.17, 15) is 9.90 Å². The van der Waals surface area contributed by atoms with Crippen molar-refractivity contribution in [2.45, 2.75) is 51.8 Å². The second kappa shape index (κ2) is 8.03. The van der Waals surface area contributed by atoms with Gasteiger partial charge in [-0.2, -0.15) is 5.10 Å². The standard InChI is InChI=1S/C21H28N4O3/c1-15(2)28-20-14-24(13-19(20)26)21(27)18-10-17-12-23(8-9-25(17)22-18)11-16-6-4-3-5-7-16/h3-7,10,15,19-20,26H,8-9,11-14H2,1-2H3/t19-,20-/m1/s1. The number of aliphatic hydroxyl groups excluding tert-OH is 1. The minimum absolute atomic E-state index is 0.0187. The first kappa shape index (κ1) is 19.1. The van der Waals surface area contributed by atoms with E-state index < -0.39 is 6.10 Å². The maximum absolute atomic E-state index is 12.9. The lowest BCUT2D eigenvalue weighted by Crippen LogP contribution is -2.33. The number of β-amino-alcohol motifs (C(OH)–C–C–N with tert-alkyl or cyclic N) is 1. The Bertz CT molecular complexity index is 820. The van der Waals surface area contributed by atoms with Crippen molar-refractivity contribution in [2.24, 2.45) is 0 Å². The zero-order valence-electron chi connectivity index (χ0n) is 16.5. The summed E-state index contributed by atoms with van der Waals surface area (Å²) in [6.45, 7) is 7.91. The van der Waals surface area contributed by atoms with Crippen LogP contribution in [0.4, 0.5) is 0 Å². The molecule has 1 aromatic heterocycles. The number of hydrogen-bond donors (Lipinski definition) is 1. The lowest BCUT2D eigenvalue weighted by Gasteiger charge is -2.27. The Morgan fingerprint density at radius 1 is 1.25 bits per heavy atom. The van der Waals surface area contributed by atoms with Gasteiger partial charge in [-0.05, 0) is 25.5 Å². The second-order valence-electron chi connectivity index (χ2n) is 7.94. The van der Waals surface area contributed by atoms with Crippen LogP contribution in [-0.2, 0) is 24.4 Å². The van der Waals surface area contributed by atoms with E-state index >= 15 is 0 Å². The molecule has 1 fully saturated rings. The van der Waals surface area contributed by atoms with Gasteiger partial charge in [0.05, 0.1) is 24.4 Å². The summed E-state index contributed by atoms with van der Waals surface area (Å²) in [5.41, 5.74) is 2.79. The van der Waals surface area contributed by atoms with Crippen LogP contribution in [0.2, 0.25) is 0 Å². The SMILES string of the molecule is CC(C)O[C@@H]1CN(C(=O)c2cc3n(n2)CCN(Cc2ccccc2)C3)C[C@H]1O. The minimum Gasteiger partial charge on any atom is -0.388 e. The van der Waals surface area contributed by atoms with Crippen molar-refractivity contribution >= 4 is 5.91 Å². The molecule has 0 aliphatic carbocycles. The summed E-state index contributed by atoms with van der Waals surface area (Å²) < 4.78 is 7.65. The van der Waals surface area contributed by atoms with Crippen LogP contribution in [0.3, 0.4) is 0 Å². The maximum atomic E-state index is 12.9. The Kier molecular flexibility index (Phi) is 5.48. The summed E-state index contributed by atoms with van der Waals surface area (Å²) in [7, 11) is 0. The molecule has 3 heterocycles. The molecule has 1 aromatic carbocycles. The fraction of sp³-hybridized carbons (Fsp3) is 0.524. The number of amides is 1. The molecule has 0 bridgehead atoms. The van der Waals surface area contributed by atoms with E-state index in [0.717, 1.165) is 31.9 Å². The van der Waals surface area contributed by atoms with Crippen LogP contribution >= 0.6 is 0 Å². The molecule has 7 nitrogen and oxygen atoms in total. The van der Waals surface area contributed by atoms with Crippen molar-refractivity contribution < 1.29 is 14.6 Å². The first-order valence-electron chi connectivity index (χ1n) is 9.95. The van der Waals surface area contributed by atoms with Crippen LogP contribution < -0.4 is 0 Å². The second-order valence-corrected chi connectivity index (χ2v) is 7.94. The molecule has 0 saturated carbocycles. The number of likely N-dealkylation sites (tertiary alicyclic amines) is 1. The Morgan fingerprint density at radius 3 is 2.79 bits per heavy atom. The number of ether oxygens (including phenoxy) is 1. The quantitative estimate of drug-likeness (QED) is 0.846. The summed E-state index contributed by atoms with van der Waals surface area (Å²) in [5.74, 6) is -0.134. The number of fused-ring (bicyclic) bond motifs is 1. The van der Waals surface area contributed by atoms with Gasteiger partial charge in [0.25, 0.3) is 5.91 Å². The summed E-state index contributed by atoms with van der Waals surface area (Å²) in [6, 6.07) is 12.3. The number of aromatic nitrogens is 2. The first-order chi connectivity index (χ1) is 13.5. The van der Waals surface area contributed by atoms with Gasteiger partial charge in [0.1, 0.15) is 6.10 Å². The molecule has 2 aromatic rings. The molecule has 0 spiro atoms. The van der Waals surface area contributed by atoms with Crippen LogP contribution in [-0.4, -0.2) is 68.5 Å². The molecule has 1 saturated heterocycles. The third kappa shape index (κ3) is 4.11. The Hall–Kier alpha value is -2.22. The Balaban J connectivity index is 1.41. The first-order valence-corrected chi connectivity index (χ1v) is 9.95. The Morgan fingerprint density at radius 2 is 2.04 bits per heavy atom. The molecule has 4 rings (SSSR count). The smallest absolute Gasteiger partial charge is 0.274 e. The van der Waals surface area contributed by atoms with E-state index in [2.05, 4.69) is 34.3 Å². The van der Waals surface area contributed by atoms with Crippen molar-refractivity contribution in [1.82, 2.24) is 19.6 Å². The van der Waals surface area contributed by atoms with Gasteiger partial charge in [0.15, 0.2) is 5.69 Å². The number of carbonyl (C=O) groups is 1. The van der Waals surface area contributed by atoms with Crippen molar-refractivity contribution in [3.63, 3.8) is 0 Å². The molecule has 1 N–H and O–H groups in total. The highest BCUT2D eigenvalue weighted by molar-refractivity contribution is 5.92. The van der Waals surface area contributed by atoms with Crippen molar-refractivity contribution in [3.8, 4) is 0 Å². The zero-order valence-corrected chi connectivity index (χ0v) is 16.5. The third-order valence-corrected chi connectivity index (χ3v) is 5.32. The highest BCUT2D eigenvalue weighted by atomic mass is 16.5. The molecule has 7 heteroatoms. The predicted octanol–water partition coefficient (Wildman–Crippen LogP) is 1.51. The average Bonchev–Trinajstić information content (AvgIpc) is 3.25. The highest BCUT2D eigenvalue weighted by Crippen LogP contribution is 2.20. The molecular weight excluding hydrogens is 356 g/mol. The highest BCUT2D eigenvalue weighted by Gasteiger charge is 2.36. The van der Waals surface area contributed by atoms with Crippen LogP contribution in [0.1, 0.15) is 35.6 Å². The van der Waals surface area contributed by atoms with Gasteiger partial charge in [0, 0.05) is 32.7 Å². The van der Waals surface area contributed by atoms with Crippen molar-refractivity contribution in [3.05, 3.63) is 53.3 Å². The van der Waals surface area contributed by atoms with E-state index in [-0.39, 0.29) is 18.1 Å². The van der Waals surface area contributed by atoms with Crippen LogP contribution in [0.15, 0.2) is 36.4 Å². The van der Waals surface area contributed by atoms with E-state index in [1.165, 1.54) is 5.56 Å². The van der Waals surface area contributed by atoms with E-state index in [4.69, 9.17) is 4.74 Å². The largest absolute Gasteiger partial charge is 0.388 e. The molecule has 1 amide bonds. The molecule has 2 aliphatic heterocycles. The van der Waals surface area contributed by atoms with Gasteiger partial charge in [-0.25, -0.2) is 0 Å². The normalized spacial score (nSPS) is 22.6. The summed E-state index contributed by atoms with van der Waals surface area (Å²) in [6.07, 6.45) is -0.960. The van der Waals surface area contributed by atoms with Gasteiger partial charge in [-0.15, -0.1) is 0 Å². The summed E-state index contributed by atoms with van der Waals surface area (Å²) in [5, 5.41) is 14.7. The van der Waals surface area contributed by atoms with Crippen LogP contribution in [0.25, 0.3) is 0 Å². The van der Waals surface area contributed by atoms with Crippen LogP contribution in [0, 0.1) is 0 Å². The van der Waals surface area contributed by atoms with Crippen LogP contribution in [0.5, 0.6) is 0 Å². The van der Waals surface area contributed by atoms with Gasteiger partial charge >= 0.3 is 0 Å². The number of rotatable bonds is 5. The average molecular weight is 384 g/mol. The van der Waals surface area contributed by atoms with Crippen molar-refractivity contribution in [2.75, 3.05) is 19.6 Å². The summed E-state index contributed by atoms with van der Waals surface area (Å²) >= 11 is 0. The van der Waals surface area contributed by atoms with E-state index in [1.54, 1.807) is 4.90 Å². The fourth-order valence-corrected chi connectivity index (χ4v) is 3.97. The zero-order chi connectivity index (χ0) is 19.7. The lowest BCUT2D eigenvalue weighted by molar-refractivity contribution is -0.0394. The predicted molar refractivity (Wildman–Crippen MR) is 105 cm³/mol. The molecule has 28 heavy (non-hydrogen) atoms. The van der Waals surface area contributed by atoms with Gasteiger partial charge in [-0.1, -0.05) is 30.3 Å². The number of nitrogens with zero attached hydrogens (tertiary/aromatic N) is 4. The number of hydrogen-bond acceptors (Lipinski definition) is 5. The third-order valence-electron chi connectivity index (χ3n) is 5.32. The summed E-state index contributed by atoms with van der Waals surface area (Å²) in [4.78, 5) is 16.9. The van der Waals surface area contributed by atoms with E-state index in [1.807, 2.05) is 30.7 Å². The molecular formula is C21H28N4O3. The maximum Gasteiger partial charge on any atom is 0.274 e. The van der Waals surface area contributed by atoms with Gasteiger partial charge < -0.3 is 14.7 Å². The fourth-order valence-electron chi connectivity index (χ4n) is 3.97. The molecule has 150 valence electrons. The van der Waals surface area contributed by atoms with E-state index in [0.29, 0.717) is 18.8 Å². The molecule has 2 atom stereocenters. The molecule has 2 aliphatic rings. The topological polar surface area (TPSA) is 70.8 Å². The number of benzene rings is 1. The number of aliphatic hydroxyl groups is 1. The minimum atomic E-state index is -0.648. The number of carbonyl (C=O) groups excluding carboxylic acids is 1. The van der Waals surface area contributed by atoms with Gasteiger partial charge in [-0.3, -0.25) is 14.4 Å². The molecule has 0 unspecified atom stereocenters. The monoisotopic (exact) mass is 384 g/mol. The lowest BCUT2D eigenvalue weighted by atomic mass is 10.2. The van der Waals surface area contributed by atoms with Crippen molar-refractivity contribution in [1.29, 1.82) is 0 Å².